The molecular weight excluding hydrogens is 427 g/mol. The number of amides is 2. The smallest absolute Gasteiger partial charge is 0.309 e. The fraction of sp³-hybridized carbons (Fsp3) is 0.500. The maximum absolute atomic E-state index is 14.4. The van der Waals surface area contributed by atoms with Crippen LogP contribution in [0, 0.1) is 11.7 Å². The number of hydrogen-bond acceptors (Lipinski definition) is 5. The van der Waals surface area contributed by atoms with E-state index in [2.05, 4.69) is 5.10 Å². The first kappa shape index (κ1) is 22.9. The molecule has 0 atom stereocenters. The van der Waals surface area contributed by atoms with Crippen LogP contribution in [-0.4, -0.2) is 70.7 Å². The molecule has 1 aromatic carbocycles. The number of aromatic nitrogens is 2. The van der Waals surface area contributed by atoms with Gasteiger partial charge in [-0.3, -0.25) is 14.4 Å². The van der Waals surface area contributed by atoms with Gasteiger partial charge in [0.1, 0.15) is 11.5 Å². The number of carbonyl (C=O) groups excluding carboxylic acids is 3. The van der Waals surface area contributed by atoms with E-state index in [1.165, 1.54) is 15.6 Å². The second-order valence-corrected chi connectivity index (χ2v) is 8.56. The molecular formula is C24H29FN4O4. The van der Waals surface area contributed by atoms with Crippen LogP contribution in [0.3, 0.4) is 0 Å². The van der Waals surface area contributed by atoms with Crippen molar-refractivity contribution in [1.29, 1.82) is 0 Å². The molecule has 0 unspecified atom stereocenters. The Labute approximate surface area is 192 Å². The lowest BCUT2D eigenvalue weighted by atomic mass is 9.97. The third-order valence-electron chi connectivity index (χ3n) is 6.40. The van der Waals surface area contributed by atoms with E-state index in [0.717, 1.165) is 24.1 Å². The Morgan fingerprint density at radius 3 is 2.61 bits per heavy atom. The molecule has 1 aromatic heterocycles. The maximum atomic E-state index is 14.4. The lowest BCUT2D eigenvalue weighted by molar-refractivity contribution is -0.151. The Balaban J connectivity index is 1.43. The predicted octanol–water partition coefficient (Wildman–Crippen LogP) is 2.37. The Kier molecular flexibility index (Phi) is 6.76. The average molecular weight is 457 g/mol. The molecule has 2 heterocycles. The molecule has 1 fully saturated rings. The second-order valence-electron chi connectivity index (χ2n) is 8.56. The number of nitrogens with zero attached hydrogens (tertiary/aromatic N) is 4. The molecule has 2 amide bonds. The second kappa shape index (κ2) is 9.72. The Hall–Kier alpha value is -3.23. The number of para-hydroxylation sites is 1. The van der Waals surface area contributed by atoms with Gasteiger partial charge in [-0.15, -0.1) is 0 Å². The van der Waals surface area contributed by atoms with Gasteiger partial charge in [0, 0.05) is 31.4 Å². The maximum Gasteiger partial charge on any atom is 0.309 e. The van der Waals surface area contributed by atoms with Crippen LogP contribution in [-0.2, 0) is 27.2 Å². The number of benzene rings is 1. The normalized spacial score (nSPS) is 15.9. The molecule has 0 N–H and O–H groups in total. The SMILES string of the molecule is CCOC(=O)C1CCN(C(=O)CN(C)C(=O)c2nn(-c3ccccc3F)c3c2CCC3)CC1. The van der Waals surface area contributed by atoms with Crippen molar-refractivity contribution in [3.05, 3.63) is 47.0 Å². The Morgan fingerprint density at radius 1 is 1.18 bits per heavy atom. The highest BCUT2D eigenvalue weighted by Crippen LogP contribution is 2.29. The standard InChI is InChI=1S/C24H29FN4O4/c1-3-33-24(32)16-11-13-28(14-12-16)21(30)15-27(2)23(31)22-17-7-6-10-19(17)29(26-22)20-9-5-4-8-18(20)25/h4-5,8-9,16H,3,6-7,10-15H2,1-2H3. The van der Waals surface area contributed by atoms with Gasteiger partial charge in [0.05, 0.1) is 19.1 Å². The largest absolute Gasteiger partial charge is 0.466 e. The van der Waals surface area contributed by atoms with Crippen LogP contribution in [0.1, 0.15) is 47.9 Å². The lowest BCUT2D eigenvalue weighted by Crippen LogP contribution is -2.45. The average Bonchev–Trinajstić information content (AvgIpc) is 3.42. The van der Waals surface area contributed by atoms with Crippen molar-refractivity contribution in [3.8, 4) is 5.69 Å². The first-order valence-corrected chi connectivity index (χ1v) is 11.5. The number of fused-ring (bicyclic) bond motifs is 1. The molecule has 176 valence electrons. The summed E-state index contributed by atoms with van der Waals surface area (Å²) in [5.74, 6) is -1.31. The molecule has 2 aromatic rings. The van der Waals surface area contributed by atoms with Crippen molar-refractivity contribution >= 4 is 17.8 Å². The predicted molar refractivity (Wildman–Crippen MR) is 118 cm³/mol. The summed E-state index contributed by atoms with van der Waals surface area (Å²) in [5, 5.41) is 4.46. The van der Waals surface area contributed by atoms with Gasteiger partial charge in [0.2, 0.25) is 5.91 Å². The summed E-state index contributed by atoms with van der Waals surface area (Å²) in [7, 11) is 1.58. The van der Waals surface area contributed by atoms with Gasteiger partial charge in [-0.1, -0.05) is 12.1 Å². The van der Waals surface area contributed by atoms with E-state index in [1.54, 1.807) is 37.1 Å². The molecule has 0 spiro atoms. The monoisotopic (exact) mass is 456 g/mol. The molecule has 33 heavy (non-hydrogen) atoms. The van der Waals surface area contributed by atoms with E-state index in [1.807, 2.05) is 0 Å². The summed E-state index contributed by atoms with van der Waals surface area (Å²) in [6.07, 6.45) is 3.42. The van der Waals surface area contributed by atoms with E-state index in [9.17, 15) is 18.8 Å². The van der Waals surface area contributed by atoms with E-state index in [0.29, 0.717) is 44.6 Å². The summed E-state index contributed by atoms with van der Waals surface area (Å²) < 4.78 is 21.0. The third-order valence-corrected chi connectivity index (χ3v) is 6.40. The van der Waals surface area contributed by atoms with Crippen molar-refractivity contribution in [2.45, 2.75) is 39.0 Å². The number of esters is 1. The van der Waals surface area contributed by atoms with Crippen LogP contribution in [0.4, 0.5) is 4.39 Å². The van der Waals surface area contributed by atoms with Gasteiger partial charge in [0.15, 0.2) is 5.69 Å². The van der Waals surface area contributed by atoms with E-state index in [-0.39, 0.29) is 35.9 Å². The number of carbonyl (C=O) groups is 3. The molecule has 1 aliphatic heterocycles. The van der Waals surface area contributed by atoms with Gasteiger partial charge in [0.25, 0.3) is 5.91 Å². The van der Waals surface area contributed by atoms with Crippen LogP contribution in [0.5, 0.6) is 0 Å². The first-order chi connectivity index (χ1) is 15.9. The summed E-state index contributed by atoms with van der Waals surface area (Å²) in [4.78, 5) is 40.9. The van der Waals surface area contributed by atoms with Crippen LogP contribution in [0.2, 0.25) is 0 Å². The lowest BCUT2D eigenvalue weighted by Gasteiger charge is -2.32. The number of halogens is 1. The minimum absolute atomic E-state index is 0.0791. The molecule has 1 aliphatic carbocycles. The van der Waals surface area contributed by atoms with Crippen molar-refractivity contribution < 1.29 is 23.5 Å². The minimum atomic E-state index is -0.400. The van der Waals surface area contributed by atoms with Gasteiger partial charge >= 0.3 is 5.97 Å². The number of piperidine rings is 1. The van der Waals surface area contributed by atoms with Crippen LogP contribution in [0.25, 0.3) is 5.69 Å². The van der Waals surface area contributed by atoms with E-state index in [4.69, 9.17) is 4.74 Å². The summed E-state index contributed by atoms with van der Waals surface area (Å²) in [6.45, 7) is 2.97. The highest BCUT2D eigenvalue weighted by atomic mass is 19.1. The quantitative estimate of drug-likeness (QED) is 0.623. The number of likely N-dealkylation sites (N-methyl/N-ethyl adjacent to an activating group) is 1. The number of hydrogen-bond donors (Lipinski definition) is 0. The third kappa shape index (κ3) is 4.62. The van der Waals surface area contributed by atoms with Crippen LogP contribution < -0.4 is 0 Å². The van der Waals surface area contributed by atoms with Crippen LogP contribution in [0.15, 0.2) is 24.3 Å². The van der Waals surface area contributed by atoms with Crippen molar-refractivity contribution in [3.63, 3.8) is 0 Å². The minimum Gasteiger partial charge on any atom is -0.466 e. The van der Waals surface area contributed by atoms with Crippen molar-refractivity contribution in [2.75, 3.05) is 33.3 Å². The highest BCUT2D eigenvalue weighted by Gasteiger charge is 2.32. The molecule has 8 nitrogen and oxygen atoms in total. The van der Waals surface area contributed by atoms with Gasteiger partial charge in [-0.2, -0.15) is 5.10 Å². The Morgan fingerprint density at radius 2 is 1.91 bits per heavy atom. The fourth-order valence-electron chi connectivity index (χ4n) is 4.61. The van der Waals surface area contributed by atoms with Crippen molar-refractivity contribution in [1.82, 2.24) is 19.6 Å². The molecule has 4 rings (SSSR count). The highest BCUT2D eigenvalue weighted by molar-refractivity contribution is 5.96. The van der Waals surface area contributed by atoms with E-state index < -0.39 is 5.82 Å². The van der Waals surface area contributed by atoms with Gasteiger partial charge in [-0.05, 0) is 51.2 Å². The Bertz CT molecular complexity index is 1060. The zero-order chi connectivity index (χ0) is 23.5. The molecule has 0 saturated carbocycles. The van der Waals surface area contributed by atoms with Gasteiger partial charge in [-0.25, -0.2) is 9.07 Å². The molecule has 9 heteroatoms. The van der Waals surface area contributed by atoms with Gasteiger partial charge < -0.3 is 14.5 Å². The number of rotatable bonds is 6. The topological polar surface area (TPSA) is 84.7 Å². The molecule has 1 saturated heterocycles. The summed E-state index contributed by atoms with van der Waals surface area (Å²) >= 11 is 0. The van der Waals surface area contributed by atoms with Crippen molar-refractivity contribution in [2.24, 2.45) is 5.92 Å². The zero-order valence-corrected chi connectivity index (χ0v) is 19.1. The number of ether oxygens (including phenoxy) is 1. The molecule has 0 radical (unpaired) electrons. The zero-order valence-electron chi connectivity index (χ0n) is 19.1. The van der Waals surface area contributed by atoms with E-state index >= 15 is 0 Å². The first-order valence-electron chi connectivity index (χ1n) is 11.5. The van der Waals surface area contributed by atoms with Crippen LogP contribution >= 0.6 is 0 Å². The number of likely N-dealkylation sites (tertiary alicyclic amines) is 1. The molecule has 0 bridgehead atoms. The summed E-state index contributed by atoms with van der Waals surface area (Å²) in [5.41, 5.74) is 2.28. The molecule has 2 aliphatic rings. The summed E-state index contributed by atoms with van der Waals surface area (Å²) in [6, 6.07) is 6.36. The fourth-order valence-corrected chi connectivity index (χ4v) is 4.61.